The average molecular weight is 482 g/mol. The molecule has 7 nitrogen and oxygen atoms in total. The maximum atomic E-state index is 4.91. The van der Waals surface area contributed by atoms with E-state index in [2.05, 4.69) is 84.2 Å². The van der Waals surface area contributed by atoms with Gasteiger partial charge in [0, 0.05) is 48.7 Å². The minimum Gasteiger partial charge on any atom is -0.357 e. The molecule has 1 aromatic carbocycles. The van der Waals surface area contributed by atoms with E-state index in [1.807, 2.05) is 30.9 Å². The lowest BCUT2D eigenvalue weighted by molar-refractivity contribution is 0.249. The zero-order valence-electron chi connectivity index (χ0n) is 21.9. The van der Waals surface area contributed by atoms with Crippen LogP contribution in [0.3, 0.4) is 0 Å². The van der Waals surface area contributed by atoms with E-state index >= 15 is 0 Å². The number of benzene rings is 1. The number of rotatable bonds is 6. The van der Waals surface area contributed by atoms with Crippen molar-refractivity contribution in [3.05, 3.63) is 66.2 Å². The molecule has 5 rings (SSSR count). The quantitative estimate of drug-likeness (QED) is 0.374. The number of hydrogen-bond acceptors (Lipinski definition) is 7. The summed E-state index contributed by atoms with van der Waals surface area (Å²) in [5.74, 6) is 1.93. The smallest absolute Gasteiger partial charge is 0.227 e. The summed E-state index contributed by atoms with van der Waals surface area (Å²) >= 11 is 0. The molecule has 0 radical (unpaired) electrons. The molecule has 1 saturated heterocycles. The van der Waals surface area contributed by atoms with Gasteiger partial charge in [-0.2, -0.15) is 0 Å². The normalized spacial score (nSPS) is 14.7. The van der Waals surface area contributed by atoms with E-state index in [1.54, 1.807) is 0 Å². The Labute approximate surface area is 213 Å². The highest BCUT2D eigenvalue weighted by Gasteiger charge is 2.21. The van der Waals surface area contributed by atoms with Gasteiger partial charge < -0.3 is 15.1 Å². The number of nitrogens with one attached hydrogen (secondary N) is 1. The molecule has 1 aliphatic rings. The van der Waals surface area contributed by atoms with Gasteiger partial charge in [0.05, 0.1) is 17.4 Å². The number of aromatic nitrogens is 4. The van der Waals surface area contributed by atoms with Crippen LogP contribution in [0.15, 0.2) is 55.1 Å². The van der Waals surface area contributed by atoms with Gasteiger partial charge in [-0.25, -0.2) is 15.0 Å². The second kappa shape index (κ2) is 10.2. The van der Waals surface area contributed by atoms with E-state index in [0.717, 1.165) is 46.6 Å². The highest BCUT2D eigenvalue weighted by atomic mass is 15.2. The van der Waals surface area contributed by atoms with Crippen molar-refractivity contribution in [2.24, 2.45) is 0 Å². The Morgan fingerprint density at radius 3 is 2.47 bits per heavy atom. The molecule has 36 heavy (non-hydrogen) atoms. The van der Waals surface area contributed by atoms with Gasteiger partial charge in [0.25, 0.3) is 0 Å². The van der Waals surface area contributed by atoms with Crippen molar-refractivity contribution >= 4 is 28.4 Å². The number of aryl methyl sites for hydroxylation is 1. The number of piperidine rings is 1. The Bertz CT molecular complexity index is 1340. The highest BCUT2D eigenvalue weighted by molar-refractivity contribution is 5.88. The van der Waals surface area contributed by atoms with Gasteiger partial charge in [-0.05, 0) is 86.8 Å². The van der Waals surface area contributed by atoms with Crippen molar-refractivity contribution in [2.75, 3.05) is 37.4 Å². The van der Waals surface area contributed by atoms with Crippen LogP contribution >= 0.6 is 0 Å². The SMILES string of the molecule is Cc1ccncc1-c1cc(C(C)C)c2nc(Nc3ccc(N4CCC(N(C)C)CC4)nc3)ncc2c1. The van der Waals surface area contributed by atoms with Gasteiger partial charge >= 0.3 is 0 Å². The summed E-state index contributed by atoms with van der Waals surface area (Å²) in [5.41, 5.74) is 6.55. The van der Waals surface area contributed by atoms with Crippen LogP contribution in [0.4, 0.5) is 17.5 Å². The van der Waals surface area contributed by atoms with Crippen molar-refractivity contribution in [1.29, 1.82) is 0 Å². The molecule has 0 unspecified atom stereocenters. The lowest BCUT2D eigenvalue weighted by Gasteiger charge is -2.35. The maximum absolute atomic E-state index is 4.91. The first-order valence-electron chi connectivity index (χ1n) is 12.7. The molecule has 4 aromatic rings. The van der Waals surface area contributed by atoms with Gasteiger partial charge in [-0.3, -0.25) is 4.98 Å². The number of anilines is 3. The molecule has 186 valence electrons. The third kappa shape index (κ3) is 5.02. The van der Waals surface area contributed by atoms with E-state index in [1.165, 1.54) is 24.0 Å². The molecular weight excluding hydrogens is 446 g/mol. The fourth-order valence-electron chi connectivity index (χ4n) is 4.98. The molecule has 1 aliphatic heterocycles. The summed E-state index contributed by atoms with van der Waals surface area (Å²) in [6.07, 6.45) is 9.87. The molecule has 0 atom stereocenters. The molecule has 4 heterocycles. The molecule has 0 amide bonds. The Hall–Kier alpha value is -3.58. The summed E-state index contributed by atoms with van der Waals surface area (Å²) in [5, 5.41) is 4.38. The Kier molecular flexibility index (Phi) is 6.83. The molecule has 1 fully saturated rings. The predicted octanol–water partition coefficient (Wildman–Crippen LogP) is 5.79. The van der Waals surface area contributed by atoms with Crippen molar-refractivity contribution in [1.82, 2.24) is 24.8 Å². The Morgan fingerprint density at radius 2 is 1.81 bits per heavy atom. The molecule has 7 heteroatoms. The third-order valence-corrected chi connectivity index (χ3v) is 7.21. The molecule has 1 N–H and O–H groups in total. The van der Waals surface area contributed by atoms with Crippen molar-refractivity contribution < 1.29 is 0 Å². The van der Waals surface area contributed by atoms with Gasteiger partial charge in [0.15, 0.2) is 0 Å². The van der Waals surface area contributed by atoms with E-state index in [-0.39, 0.29) is 0 Å². The third-order valence-electron chi connectivity index (χ3n) is 7.21. The largest absolute Gasteiger partial charge is 0.357 e. The monoisotopic (exact) mass is 481 g/mol. The zero-order chi connectivity index (χ0) is 25.2. The van der Waals surface area contributed by atoms with E-state index < -0.39 is 0 Å². The van der Waals surface area contributed by atoms with Crippen molar-refractivity contribution in [3.8, 4) is 11.1 Å². The molecule has 3 aromatic heterocycles. The van der Waals surface area contributed by atoms with Gasteiger partial charge in [0.2, 0.25) is 5.95 Å². The van der Waals surface area contributed by atoms with Gasteiger partial charge in [-0.1, -0.05) is 13.8 Å². The van der Waals surface area contributed by atoms with Crippen LogP contribution in [-0.2, 0) is 0 Å². The number of pyridine rings is 2. The van der Waals surface area contributed by atoms with Gasteiger partial charge in [-0.15, -0.1) is 0 Å². The summed E-state index contributed by atoms with van der Waals surface area (Å²) in [4.78, 5) is 23.3. The molecule has 0 aliphatic carbocycles. The summed E-state index contributed by atoms with van der Waals surface area (Å²) < 4.78 is 0. The Balaban J connectivity index is 1.37. The van der Waals surface area contributed by atoms with Crippen LogP contribution in [0.25, 0.3) is 22.0 Å². The van der Waals surface area contributed by atoms with Crippen LogP contribution < -0.4 is 10.2 Å². The highest BCUT2D eigenvalue weighted by Crippen LogP contribution is 2.32. The van der Waals surface area contributed by atoms with Crippen LogP contribution in [0, 0.1) is 6.92 Å². The van der Waals surface area contributed by atoms with Crippen LogP contribution in [-0.4, -0.2) is 58.1 Å². The second-order valence-electron chi connectivity index (χ2n) is 10.3. The minimum absolute atomic E-state index is 0.324. The van der Waals surface area contributed by atoms with Crippen molar-refractivity contribution in [2.45, 2.75) is 45.6 Å². The van der Waals surface area contributed by atoms with Crippen LogP contribution in [0.2, 0.25) is 0 Å². The topological polar surface area (TPSA) is 70.1 Å². The Morgan fingerprint density at radius 1 is 1.00 bits per heavy atom. The number of hydrogen-bond donors (Lipinski definition) is 1. The van der Waals surface area contributed by atoms with Gasteiger partial charge in [0.1, 0.15) is 5.82 Å². The first kappa shape index (κ1) is 24.1. The number of nitrogens with zero attached hydrogens (tertiary/aromatic N) is 6. The fraction of sp³-hybridized carbons (Fsp3) is 0.379. The maximum Gasteiger partial charge on any atom is 0.227 e. The standard InChI is InChI=1S/C29H35N7/c1-19(2)25-15-21(26-18-30-11-8-20(26)3)14-22-16-32-29(34-28(22)25)33-23-6-7-27(31-17-23)36-12-9-24(10-13-36)35(4)5/h6-8,11,14-19,24H,9-10,12-13H2,1-5H3,(H,32,33,34). The minimum atomic E-state index is 0.324. The summed E-state index contributed by atoms with van der Waals surface area (Å²) in [7, 11) is 4.33. The predicted molar refractivity (Wildman–Crippen MR) is 148 cm³/mol. The van der Waals surface area contributed by atoms with Crippen molar-refractivity contribution in [3.63, 3.8) is 0 Å². The van der Waals surface area contributed by atoms with E-state index in [0.29, 0.717) is 17.9 Å². The van der Waals surface area contributed by atoms with E-state index in [9.17, 15) is 0 Å². The molecule has 0 saturated carbocycles. The summed E-state index contributed by atoms with van der Waals surface area (Å²) in [6, 6.07) is 11.2. The first-order chi connectivity index (χ1) is 17.4. The second-order valence-corrected chi connectivity index (χ2v) is 10.3. The zero-order valence-corrected chi connectivity index (χ0v) is 21.9. The average Bonchev–Trinajstić information content (AvgIpc) is 2.89. The lowest BCUT2D eigenvalue weighted by Crippen LogP contribution is -2.42. The number of fused-ring (bicyclic) bond motifs is 1. The molecular formula is C29H35N7. The molecule has 0 spiro atoms. The molecule has 0 bridgehead atoms. The lowest BCUT2D eigenvalue weighted by atomic mass is 9.93. The first-order valence-corrected chi connectivity index (χ1v) is 12.7. The van der Waals surface area contributed by atoms with Crippen LogP contribution in [0.5, 0.6) is 0 Å². The summed E-state index contributed by atoms with van der Waals surface area (Å²) in [6.45, 7) is 8.59. The fourth-order valence-corrected chi connectivity index (χ4v) is 4.98. The van der Waals surface area contributed by atoms with E-state index in [4.69, 9.17) is 9.97 Å². The van der Waals surface area contributed by atoms with Crippen LogP contribution in [0.1, 0.15) is 43.7 Å².